The third-order valence-electron chi connectivity index (χ3n) is 4.86. The monoisotopic (exact) mass is 393 g/mol. The molecule has 0 saturated carbocycles. The van der Waals surface area contributed by atoms with Crippen molar-refractivity contribution in [3.05, 3.63) is 56.7 Å². The van der Waals surface area contributed by atoms with Gasteiger partial charge in [0.2, 0.25) is 0 Å². The van der Waals surface area contributed by atoms with Crippen molar-refractivity contribution in [1.29, 1.82) is 0 Å². The Labute approximate surface area is 165 Å². The first kappa shape index (κ1) is 21.1. The molecule has 26 heavy (non-hydrogen) atoms. The average Bonchev–Trinajstić information content (AvgIpc) is 3.05. The molecule has 0 aliphatic carbocycles. The molecule has 2 aromatic rings. The van der Waals surface area contributed by atoms with Gasteiger partial charge in [0, 0.05) is 16.8 Å². The van der Waals surface area contributed by atoms with Crippen LogP contribution in [0.5, 0.6) is 0 Å². The van der Waals surface area contributed by atoms with Crippen molar-refractivity contribution < 1.29 is 9.90 Å². The van der Waals surface area contributed by atoms with Crippen molar-refractivity contribution >= 4 is 28.7 Å². The molecule has 0 aliphatic heterocycles. The molecule has 142 valence electrons. The Balaban J connectivity index is 1.82. The summed E-state index contributed by atoms with van der Waals surface area (Å²) < 4.78 is 0. The van der Waals surface area contributed by atoms with E-state index in [0.717, 1.165) is 29.0 Å². The van der Waals surface area contributed by atoms with Gasteiger partial charge in [-0.05, 0) is 50.2 Å². The number of aliphatic hydroxyl groups excluding tert-OH is 1. The van der Waals surface area contributed by atoms with Crippen LogP contribution in [0.1, 0.15) is 59.1 Å². The fourth-order valence-corrected chi connectivity index (χ4v) is 4.23. The number of benzene rings is 1. The van der Waals surface area contributed by atoms with E-state index in [-0.39, 0.29) is 12.4 Å². The normalized spacial score (nSPS) is 13.5. The number of halogens is 1. The Kier molecular flexibility index (Phi) is 8.29. The number of aryl methyl sites for hydroxylation is 2. The maximum atomic E-state index is 12.4. The zero-order valence-electron chi connectivity index (χ0n) is 15.3. The molecule has 2 rings (SSSR count). The molecule has 0 radical (unpaired) electrons. The molecule has 0 aliphatic rings. The van der Waals surface area contributed by atoms with Crippen molar-refractivity contribution in [3.8, 4) is 0 Å². The smallest absolute Gasteiger partial charge is 0.172 e. The van der Waals surface area contributed by atoms with Crippen LogP contribution in [0.4, 0.5) is 0 Å². The molecule has 0 bridgehead atoms. The maximum Gasteiger partial charge on any atom is 0.172 e. The van der Waals surface area contributed by atoms with Crippen molar-refractivity contribution in [1.82, 2.24) is 0 Å². The van der Waals surface area contributed by atoms with E-state index in [0.29, 0.717) is 30.7 Å². The van der Waals surface area contributed by atoms with Crippen LogP contribution in [-0.4, -0.2) is 23.0 Å². The molecule has 1 aromatic heterocycles. The summed E-state index contributed by atoms with van der Waals surface area (Å²) in [7, 11) is 0. The van der Waals surface area contributed by atoms with E-state index in [9.17, 15) is 9.90 Å². The topological polar surface area (TPSA) is 63.3 Å². The Hall–Kier alpha value is -1.20. The summed E-state index contributed by atoms with van der Waals surface area (Å²) in [4.78, 5) is 14.1. The van der Waals surface area contributed by atoms with Crippen LogP contribution in [0.15, 0.2) is 36.4 Å². The second kappa shape index (κ2) is 10.2. The highest BCUT2D eigenvalue weighted by molar-refractivity contribution is 7.14. The standard InChI is InChI=1S/C21H28ClNO2S/c1-2-21(23,15-24)13-12-19-17(22)14-20(26-19)18(25)11-7-6-10-16-8-4-3-5-9-16/h3-5,8-9,14,24H,2,6-7,10-13,15,23H2,1H3. The van der Waals surface area contributed by atoms with Crippen molar-refractivity contribution in [3.63, 3.8) is 0 Å². The van der Waals surface area contributed by atoms with Gasteiger partial charge in [0.1, 0.15) is 0 Å². The Morgan fingerprint density at radius 2 is 1.96 bits per heavy atom. The van der Waals surface area contributed by atoms with E-state index < -0.39 is 5.54 Å². The zero-order chi connectivity index (χ0) is 19.0. The first-order valence-corrected chi connectivity index (χ1v) is 10.4. The minimum Gasteiger partial charge on any atom is -0.394 e. The predicted octanol–water partition coefficient (Wildman–Crippen LogP) is 5.03. The molecular formula is C21H28ClNO2S. The highest BCUT2D eigenvalue weighted by Crippen LogP contribution is 2.31. The summed E-state index contributed by atoms with van der Waals surface area (Å²) in [5, 5.41) is 10.1. The van der Waals surface area contributed by atoms with Crippen LogP contribution in [0, 0.1) is 0 Å². The maximum absolute atomic E-state index is 12.4. The summed E-state index contributed by atoms with van der Waals surface area (Å²) in [6.07, 6.45) is 5.49. The summed E-state index contributed by atoms with van der Waals surface area (Å²) in [5.74, 6) is 0.160. The number of carbonyl (C=O) groups is 1. The number of hydrogen-bond acceptors (Lipinski definition) is 4. The lowest BCUT2D eigenvalue weighted by Crippen LogP contribution is -2.43. The lowest BCUT2D eigenvalue weighted by Gasteiger charge is -2.25. The van der Waals surface area contributed by atoms with Gasteiger partial charge in [-0.15, -0.1) is 11.3 Å². The molecule has 3 N–H and O–H groups in total. The summed E-state index contributed by atoms with van der Waals surface area (Å²) >= 11 is 7.77. The third kappa shape index (κ3) is 6.20. The van der Waals surface area contributed by atoms with Gasteiger partial charge in [-0.3, -0.25) is 4.79 Å². The minimum atomic E-state index is -0.574. The number of Topliss-reactive ketones (excluding diaryl/α,β-unsaturated/α-hetero) is 1. The second-order valence-corrected chi connectivity index (χ2v) is 8.42. The molecule has 1 heterocycles. The molecule has 0 spiro atoms. The van der Waals surface area contributed by atoms with Crippen molar-refractivity contribution in [2.45, 2.75) is 57.4 Å². The summed E-state index contributed by atoms with van der Waals surface area (Å²) in [6, 6.07) is 12.1. The number of nitrogens with two attached hydrogens (primary N) is 1. The number of hydrogen-bond donors (Lipinski definition) is 2. The van der Waals surface area contributed by atoms with Crippen molar-refractivity contribution in [2.24, 2.45) is 5.73 Å². The molecular weight excluding hydrogens is 366 g/mol. The van der Waals surface area contributed by atoms with Gasteiger partial charge >= 0.3 is 0 Å². The summed E-state index contributed by atoms with van der Waals surface area (Å²) in [6.45, 7) is 1.93. The first-order chi connectivity index (χ1) is 12.5. The van der Waals surface area contributed by atoms with Gasteiger partial charge in [-0.2, -0.15) is 0 Å². The molecule has 3 nitrogen and oxygen atoms in total. The predicted molar refractivity (Wildman–Crippen MR) is 110 cm³/mol. The van der Waals surface area contributed by atoms with E-state index >= 15 is 0 Å². The molecule has 1 aromatic carbocycles. The lowest BCUT2D eigenvalue weighted by atomic mass is 9.92. The Morgan fingerprint density at radius 3 is 2.62 bits per heavy atom. The fraction of sp³-hybridized carbons (Fsp3) is 0.476. The minimum absolute atomic E-state index is 0.0420. The lowest BCUT2D eigenvalue weighted by molar-refractivity contribution is 0.0983. The van der Waals surface area contributed by atoms with Gasteiger partial charge in [0.15, 0.2) is 5.78 Å². The largest absolute Gasteiger partial charge is 0.394 e. The SMILES string of the molecule is CCC(N)(CO)CCc1sc(C(=O)CCCCc2ccccc2)cc1Cl. The van der Waals surface area contributed by atoms with Crippen LogP contribution in [0.2, 0.25) is 5.02 Å². The molecule has 5 heteroatoms. The number of ketones is 1. The number of thiophene rings is 1. The molecule has 1 atom stereocenters. The highest BCUT2D eigenvalue weighted by Gasteiger charge is 2.23. The van der Waals surface area contributed by atoms with Crippen LogP contribution in [0.3, 0.4) is 0 Å². The molecule has 0 saturated heterocycles. The number of carbonyl (C=O) groups excluding carboxylic acids is 1. The summed E-state index contributed by atoms with van der Waals surface area (Å²) in [5.41, 5.74) is 6.87. The van der Waals surface area contributed by atoms with E-state index in [1.165, 1.54) is 16.9 Å². The average molecular weight is 394 g/mol. The quantitative estimate of drug-likeness (QED) is 0.415. The van der Waals surface area contributed by atoms with Gasteiger partial charge in [0.05, 0.1) is 16.5 Å². The number of rotatable bonds is 11. The van der Waals surface area contributed by atoms with Crippen molar-refractivity contribution in [2.75, 3.05) is 6.61 Å². The number of unbranched alkanes of at least 4 members (excludes halogenated alkanes) is 1. The third-order valence-corrected chi connectivity index (χ3v) is 6.55. The molecule has 0 amide bonds. The second-order valence-electron chi connectivity index (χ2n) is 6.87. The Morgan fingerprint density at radius 1 is 1.23 bits per heavy atom. The van der Waals surface area contributed by atoms with Gasteiger partial charge in [-0.25, -0.2) is 0 Å². The van der Waals surface area contributed by atoms with E-state index in [4.69, 9.17) is 17.3 Å². The van der Waals surface area contributed by atoms with Crippen LogP contribution in [-0.2, 0) is 12.8 Å². The number of aliphatic hydroxyl groups is 1. The van der Waals surface area contributed by atoms with Crippen LogP contribution in [0.25, 0.3) is 0 Å². The van der Waals surface area contributed by atoms with Gasteiger partial charge in [0.25, 0.3) is 0 Å². The molecule has 0 fully saturated rings. The van der Waals surface area contributed by atoms with Gasteiger partial charge in [-0.1, -0.05) is 48.9 Å². The zero-order valence-corrected chi connectivity index (χ0v) is 16.9. The van der Waals surface area contributed by atoms with Crippen LogP contribution >= 0.6 is 22.9 Å². The van der Waals surface area contributed by atoms with E-state index in [2.05, 4.69) is 12.1 Å². The van der Waals surface area contributed by atoms with Crippen LogP contribution < -0.4 is 5.73 Å². The molecule has 1 unspecified atom stereocenters. The fourth-order valence-electron chi connectivity index (χ4n) is 2.83. The van der Waals surface area contributed by atoms with Gasteiger partial charge < -0.3 is 10.8 Å². The van der Waals surface area contributed by atoms with E-state index in [1.807, 2.05) is 25.1 Å². The first-order valence-electron chi connectivity index (χ1n) is 9.22. The highest BCUT2D eigenvalue weighted by atomic mass is 35.5. The van der Waals surface area contributed by atoms with E-state index in [1.54, 1.807) is 6.07 Å². The Bertz CT molecular complexity index is 695.